The minimum atomic E-state index is -1.91. The van der Waals surface area contributed by atoms with Gasteiger partial charge in [0.2, 0.25) is 5.95 Å². The van der Waals surface area contributed by atoms with Crippen LogP contribution in [-0.2, 0) is 27.5 Å². The Morgan fingerprint density at radius 2 is 1.98 bits per heavy atom. The quantitative estimate of drug-likeness (QED) is 0.212. The van der Waals surface area contributed by atoms with Gasteiger partial charge >= 0.3 is 0 Å². The molecule has 3 aromatic rings. The van der Waals surface area contributed by atoms with Crippen molar-refractivity contribution >= 4 is 33.6 Å². The number of hydrogen-bond donors (Lipinski definition) is 1. The van der Waals surface area contributed by atoms with Crippen molar-refractivity contribution in [3.05, 3.63) is 52.8 Å². The summed E-state index contributed by atoms with van der Waals surface area (Å²) in [7, 11) is -0.205. The van der Waals surface area contributed by atoms with Crippen molar-refractivity contribution in [2.45, 2.75) is 84.0 Å². The highest BCUT2D eigenvalue weighted by Crippen LogP contribution is 2.44. The first-order valence-corrected chi connectivity index (χ1v) is 16.6. The molecule has 0 amide bonds. The zero-order chi connectivity index (χ0) is 28.4. The number of nitrogens with zero attached hydrogens (tertiary/aromatic N) is 5. The molecule has 0 aliphatic heterocycles. The summed E-state index contributed by atoms with van der Waals surface area (Å²) >= 11 is 0. The highest BCUT2D eigenvalue weighted by atomic mass is 32.1. The van der Waals surface area contributed by atoms with Crippen molar-refractivity contribution in [2.75, 3.05) is 25.6 Å². The van der Waals surface area contributed by atoms with Crippen LogP contribution in [0.5, 0.6) is 0 Å². The molecule has 1 atom stereocenters. The molecule has 4 rings (SSSR count). The SMILES string of the molecule is COCCCn1nc(C)cc1Nc1nccc(-c2cc(C#N)c3c(c2)[C@](C)(CO[Si](C)(C)C(C)(C)C)CC3)n1.S. The number of rotatable bonds is 10. The molecule has 40 heavy (non-hydrogen) atoms. The number of aromatic nitrogens is 4. The largest absolute Gasteiger partial charge is 0.416 e. The lowest BCUT2D eigenvalue weighted by atomic mass is 9.83. The number of aryl methyl sites for hydroxylation is 2. The van der Waals surface area contributed by atoms with Gasteiger partial charge in [0.25, 0.3) is 0 Å². The van der Waals surface area contributed by atoms with Gasteiger partial charge in [0.05, 0.1) is 23.0 Å². The van der Waals surface area contributed by atoms with E-state index in [4.69, 9.17) is 14.1 Å². The molecule has 10 heteroatoms. The Bertz CT molecular complexity index is 1380. The van der Waals surface area contributed by atoms with Crippen LogP contribution in [0.4, 0.5) is 11.8 Å². The summed E-state index contributed by atoms with van der Waals surface area (Å²) in [5.74, 6) is 1.33. The summed E-state index contributed by atoms with van der Waals surface area (Å²) in [5, 5.41) is 18.1. The molecule has 1 aromatic carbocycles. The van der Waals surface area contributed by atoms with E-state index in [1.807, 2.05) is 29.8 Å². The molecular formula is C30H44N6O2SSi. The number of nitrogens with one attached hydrogen (secondary N) is 1. The number of ether oxygens (including phenoxy) is 1. The van der Waals surface area contributed by atoms with Crippen LogP contribution in [0.25, 0.3) is 11.3 Å². The van der Waals surface area contributed by atoms with Gasteiger partial charge in [0, 0.05) is 50.1 Å². The molecule has 2 aromatic heterocycles. The Morgan fingerprint density at radius 3 is 2.65 bits per heavy atom. The van der Waals surface area contributed by atoms with Gasteiger partial charge in [0.15, 0.2) is 8.32 Å². The van der Waals surface area contributed by atoms with E-state index in [9.17, 15) is 5.26 Å². The molecule has 0 unspecified atom stereocenters. The van der Waals surface area contributed by atoms with Crippen LogP contribution in [0.15, 0.2) is 30.5 Å². The van der Waals surface area contributed by atoms with E-state index < -0.39 is 8.32 Å². The maximum atomic E-state index is 10.0. The van der Waals surface area contributed by atoms with Crippen molar-refractivity contribution in [1.82, 2.24) is 19.7 Å². The smallest absolute Gasteiger partial charge is 0.228 e. The standard InChI is InChI=1S/C30H42N6O2Si.H2S/c1-21-16-27(36(35-21)14-9-15-37-6)34-28-32-13-11-26(33-28)22-17-23(19-31)24-10-12-30(5,25(24)18-22)20-38-39(7,8)29(2,3)4;/h11,13,16-18H,9-10,12,14-15,20H2,1-8H3,(H,32,33,34);1H2/t30-;/m0./s1. The first-order valence-electron chi connectivity index (χ1n) is 13.7. The number of benzene rings is 1. The fourth-order valence-corrected chi connectivity index (χ4v) is 5.95. The topological polar surface area (TPSA) is 97.9 Å². The molecule has 2 heterocycles. The van der Waals surface area contributed by atoms with E-state index in [0.717, 1.165) is 59.7 Å². The van der Waals surface area contributed by atoms with E-state index in [-0.39, 0.29) is 23.9 Å². The summed E-state index contributed by atoms with van der Waals surface area (Å²) in [6, 6.07) is 10.5. The highest BCUT2D eigenvalue weighted by Gasteiger charge is 2.42. The first kappa shape index (κ1) is 31.8. The Kier molecular flexibility index (Phi) is 9.89. The summed E-state index contributed by atoms with van der Waals surface area (Å²) in [5.41, 5.74) is 5.53. The number of hydrogen-bond acceptors (Lipinski definition) is 7. The zero-order valence-electron chi connectivity index (χ0n) is 25.2. The molecule has 0 saturated heterocycles. The maximum absolute atomic E-state index is 10.0. The fourth-order valence-electron chi connectivity index (χ4n) is 4.84. The average molecular weight is 581 g/mol. The number of fused-ring (bicyclic) bond motifs is 1. The van der Waals surface area contributed by atoms with E-state index >= 15 is 0 Å². The van der Waals surface area contributed by atoms with Crippen molar-refractivity contribution in [2.24, 2.45) is 0 Å². The summed E-state index contributed by atoms with van der Waals surface area (Å²) in [6.07, 6.45) is 4.47. The second kappa shape index (κ2) is 12.4. The van der Waals surface area contributed by atoms with Gasteiger partial charge in [-0.15, -0.1) is 0 Å². The lowest BCUT2D eigenvalue weighted by Gasteiger charge is -2.39. The zero-order valence-corrected chi connectivity index (χ0v) is 27.2. The maximum Gasteiger partial charge on any atom is 0.228 e. The van der Waals surface area contributed by atoms with Gasteiger partial charge in [-0.05, 0) is 73.6 Å². The predicted molar refractivity (Wildman–Crippen MR) is 168 cm³/mol. The first-order chi connectivity index (χ1) is 18.4. The normalized spacial score (nSPS) is 16.8. The van der Waals surface area contributed by atoms with Crippen LogP contribution >= 0.6 is 13.5 Å². The number of nitriles is 1. The van der Waals surface area contributed by atoms with Crippen LogP contribution in [-0.4, -0.2) is 48.4 Å². The molecule has 0 bridgehead atoms. The summed E-state index contributed by atoms with van der Waals surface area (Å²) in [4.78, 5) is 9.29. The van der Waals surface area contributed by atoms with Crippen LogP contribution in [0.3, 0.4) is 0 Å². The summed E-state index contributed by atoms with van der Waals surface area (Å²) in [6.45, 7) is 17.7. The van der Waals surface area contributed by atoms with Crippen LogP contribution in [0, 0.1) is 18.3 Å². The van der Waals surface area contributed by atoms with E-state index in [1.54, 1.807) is 13.3 Å². The highest BCUT2D eigenvalue weighted by molar-refractivity contribution is 7.59. The lowest BCUT2D eigenvalue weighted by molar-refractivity contribution is 0.189. The Hall–Kier alpha value is -2.71. The van der Waals surface area contributed by atoms with Crippen molar-refractivity contribution < 1.29 is 9.16 Å². The van der Waals surface area contributed by atoms with Gasteiger partial charge in [-0.2, -0.15) is 23.9 Å². The monoisotopic (exact) mass is 580 g/mol. The van der Waals surface area contributed by atoms with Gasteiger partial charge in [-0.25, -0.2) is 14.6 Å². The number of methoxy groups -OCH3 is 1. The Labute approximate surface area is 247 Å². The Balaban J connectivity index is 0.00000441. The molecule has 1 N–H and O–H groups in total. The lowest BCUT2D eigenvalue weighted by Crippen LogP contribution is -2.44. The van der Waals surface area contributed by atoms with Gasteiger partial charge in [0.1, 0.15) is 5.82 Å². The minimum Gasteiger partial charge on any atom is -0.416 e. The molecule has 0 saturated carbocycles. The predicted octanol–water partition coefficient (Wildman–Crippen LogP) is 6.64. The molecule has 1 aliphatic carbocycles. The van der Waals surface area contributed by atoms with Gasteiger partial charge in [-0.3, -0.25) is 0 Å². The van der Waals surface area contributed by atoms with E-state index in [2.05, 4.69) is 68.3 Å². The van der Waals surface area contributed by atoms with E-state index in [0.29, 0.717) is 19.2 Å². The summed E-state index contributed by atoms with van der Waals surface area (Å²) < 4.78 is 13.8. The second-order valence-electron chi connectivity index (χ2n) is 12.4. The third kappa shape index (κ3) is 6.77. The van der Waals surface area contributed by atoms with Crippen molar-refractivity contribution in [3.63, 3.8) is 0 Å². The fraction of sp³-hybridized carbons (Fsp3) is 0.533. The average Bonchev–Trinajstić information content (AvgIpc) is 3.41. The molecule has 0 fully saturated rings. The van der Waals surface area contributed by atoms with Gasteiger partial charge in [-0.1, -0.05) is 27.7 Å². The molecule has 0 spiro atoms. The minimum absolute atomic E-state index is 0. The number of anilines is 2. The van der Waals surface area contributed by atoms with Crippen LogP contribution < -0.4 is 5.32 Å². The third-order valence-corrected chi connectivity index (χ3v) is 12.8. The molecule has 1 aliphatic rings. The second-order valence-corrected chi connectivity index (χ2v) is 17.2. The molecule has 216 valence electrons. The molecule has 8 nitrogen and oxygen atoms in total. The van der Waals surface area contributed by atoms with Crippen LogP contribution in [0.2, 0.25) is 18.1 Å². The Morgan fingerprint density at radius 1 is 1.23 bits per heavy atom. The van der Waals surface area contributed by atoms with Crippen molar-refractivity contribution in [1.29, 1.82) is 5.26 Å². The third-order valence-electron chi connectivity index (χ3n) is 8.32. The molecule has 0 radical (unpaired) electrons. The van der Waals surface area contributed by atoms with Gasteiger partial charge < -0.3 is 14.5 Å². The van der Waals surface area contributed by atoms with E-state index in [1.165, 1.54) is 5.56 Å². The molecular weight excluding hydrogens is 537 g/mol. The van der Waals surface area contributed by atoms with Crippen LogP contribution in [0.1, 0.15) is 62.9 Å². The van der Waals surface area contributed by atoms with Crippen molar-refractivity contribution in [3.8, 4) is 17.3 Å².